The number of carbonyl (C=O) groups is 1. The second kappa shape index (κ2) is 9.64. The molecular weight excluding hydrogens is 198 g/mol. The van der Waals surface area contributed by atoms with Crippen LogP contribution in [-0.2, 0) is 14.3 Å². The van der Waals surface area contributed by atoms with Crippen molar-refractivity contribution in [3.63, 3.8) is 0 Å². The predicted octanol–water partition coefficient (Wildman–Crippen LogP) is -0.296. The molecular formula is C10H19NO4. The van der Waals surface area contributed by atoms with Gasteiger partial charge in [0.2, 0.25) is 5.91 Å². The van der Waals surface area contributed by atoms with Gasteiger partial charge in [0, 0.05) is 12.1 Å². The quantitative estimate of drug-likeness (QED) is 0.411. The van der Waals surface area contributed by atoms with Gasteiger partial charge >= 0.3 is 0 Å². The van der Waals surface area contributed by atoms with Crippen molar-refractivity contribution in [2.75, 3.05) is 39.6 Å². The zero-order chi connectivity index (χ0) is 11.5. The molecule has 5 heteroatoms. The lowest BCUT2D eigenvalue weighted by Gasteiger charge is -2.06. The first kappa shape index (κ1) is 14.1. The van der Waals surface area contributed by atoms with Crippen molar-refractivity contribution in [3.8, 4) is 0 Å². The van der Waals surface area contributed by atoms with Crippen LogP contribution in [0.15, 0.2) is 12.2 Å². The third kappa shape index (κ3) is 9.40. The van der Waals surface area contributed by atoms with Gasteiger partial charge in [-0.05, 0) is 6.92 Å². The van der Waals surface area contributed by atoms with Gasteiger partial charge in [0.05, 0.1) is 33.0 Å². The highest BCUT2D eigenvalue weighted by molar-refractivity contribution is 5.91. The second-order valence-corrected chi connectivity index (χ2v) is 2.98. The highest BCUT2D eigenvalue weighted by Crippen LogP contribution is 1.84. The molecule has 0 saturated carbocycles. The Kier molecular flexibility index (Phi) is 9.05. The van der Waals surface area contributed by atoms with Crippen molar-refractivity contribution in [3.05, 3.63) is 12.2 Å². The van der Waals surface area contributed by atoms with Crippen molar-refractivity contribution in [1.82, 2.24) is 5.32 Å². The highest BCUT2D eigenvalue weighted by Gasteiger charge is 1.98. The summed E-state index contributed by atoms with van der Waals surface area (Å²) in [5.74, 6) is -0.157. The minimum Gasteiger partial charge on any atom is -0.394 e. The fourth-order valence-corrected chi connectivity index (χ4v) is 0.774. The van der Waals surface area contributed by atoms with Gasteiger partial charge in [0.15, 0.2) is 0 Å². The Morgan fingerprint density at radius 1 is 1.27 bits per heavy atom. The summed E-state index contributed by atoms with van der Waals surface area (Å²) in [4.78, 5) is 11.0. The first-order valence-corrected chi connectivity index (χ1v) is 4.88. The van der Waals surface area contributed by atoms with E-state index in [0.717, 1.165) is 0 Å². The molecule has 88 valence electrons. The number of nitrogens with one attached hydrogen (secondary N) is 1. The third-order valence-corrected chi connectivity index (χ3v) is 1.53. The molecule has 0 aromatic carbocycles. The predicted molar refractivity (Wildman–Crippen MR) is 56.5 cm³/mol. The molecule has 1 amide bonds. The van der Waals surface area contributed by atoms with Gasteiger partial charge in [-0.1, -0.05) is 6.58 Å². The summed E-state index contributed by atoms with van der Waals surface area (Å²) in [6.07, 6.45) is 0. The van der Waals surface area contributed by atoms with Gasteiger partial charge in [-0.15, -0.1) is 0 Å². The van der Waals surface area contributed by atoms with E-state index in [4.69, 9.17) is 14.6 Å². The van der Waals surface area contributed by atoms with Crippen LogP contribution in [-0.4, -0.2) is 50.6 Å². The molecule has 0 atom stereocenters. The standard InChI is InChI=1S/C10H19NO4/c1-9(2)10(13)11-3-5-14-7-8-15-6-4-12/h12H,1,3-8H2,2H3,(H,11,13). The summed E-state index contributed by atoms with van der Waals surface area (Å²) in [5.41, 5.74) is 0.487. The number of carbonyl (C=O) groups excluding carboxylic acids is 1. The maximum Gasteiger partial charge on any atom is 0.246 e. The van der Waals surface area contributed by atoms with Crippen LogP contribution < -0.4 is 5.32 Å². The Morgan fingerprint density at radius 2 is 1.87 bits per heavy atom. The van der Waals surface area contributed by atoms with Crippen LogP contribution >= 0.6 is 0 Å². The van der Waals surface area contributed by atoms with Crippen LogP contribution in [0.4, 0.5) is 0 Å². The van der Waals surface area contributed by atoms with E-state index in [-0.39, 0.29) is 12.5 Å². The number of rotatable bonds is 9. The molecule has 0 radical (unpaired) electrons. The molecule has 2 N–H and O–H groups in total. The van der Waals surface area contributed by atoms with Crippen LogP contribution in [0.2, 0.25) is 0 Å². The summed E-state index contributed by atoms with van der Waals surface area (Å²) >= 11 is 0. The second-order valence-electron chi connectivity index (χ2n) is 2.98. The number of hydrogen-bond donors (Lipinski definition) is 2. The number of ether oxygens (including phenoxy) is 2. The maximum absolute atomic E-state index is 11.0. The van der Waals surface area contributed by atoms with E-state index in [9.17, 15) is 4.79 Å². The van der Waals surface area contributed by atoms with E-state index in [2.05, 4.69) is 11.9 Å². The number of amides is 1. The molecule has 0 aliphatic carbocycles. The molecule has 0 aliphatic rings. The SMILES string of the molecule is C=C(C)C(=O)NCCOCCOCCO. The summed E-state index contributed by atoms with van der Waals surface area (Å²) in [5, 5.41) is 11.0. The monoisotopic (exact) mass is 217 g/mol. The van der Waals surface area contributed by atoms with E-state index in [1.807, 2.05) is 0 Å². The van der Waals surface area contributed by atoms with Crippen molar-refractivity contribution in [1.29, 1.82) is 0 Å². The van der Waals surface area contributed by atoms with Crippen molar-refractivity contribution in [2.45, 2.75) is 6.92 Å². The molecule has 0 aromatic rings. The summed E-state index contributed by atoms with van der Waals surface area (Å²) in [6, 6.07) is 0. The van der Waals surface area contributed by atoms with E-state index in [0.29, 0.717) is 38.5 Å². The van der Waals surface area contributed by atoms with Gasteiger partial charge in [0.1, 0.15) is 0 Å². The molecule has 0 fully saturated rings. The molecule has 0 aromatic heterocycles. The molecule has 0 aliphatic heterocycles. The first-order valence-electron chi connectivity index (χ1n) is 4.88. The van der Waals surface area contributed by atoms with Gasteiger partial charge in [-0.25, -0.2) is 0 Å². The lowest BCUT2D eigenvalue weighted by atomic mass is 10.3. The van der Waals surface area contributed by atoms with E-state index < -0.39 is 0 Å². The normalized spacial score (nSPS) is 10.0. The van der Waals surface area contributed by atoms with Crippen LogP contribution in [0.3, 0.4) is 0 Å². The van der Waals surface area contributed by atoms with Crippen LogP contribution in [0.25, 0.3) is 0 Å². The average molecular weight is 217 g/mol. The molecule has 0 heterocycles. The Hall–Kier alpha value is -0.910. The maximum atomic E-state index is 11.0. The Morgan fingerprint density at radius 3 is 2.40 bits per heavy atom. The Labute approximate surface area is 90.1 Å². The molecule has 0 unspecified atom stereocenters. The number of aliphatic hydroxyl groups is 1. The fourth-order valence-electron chi connectivity index (χ4n) is 0.774. The summed E-state index contributed by atoms with van der Waals surface area (Å²) < 4.78 is 10.1. The van der Waals surface area contributed by atoms with Crippen molar-refractivity contribution >= 4 is 5.91 Å². The van der Waals surface area contributed by atoms with Gasteiger partial charge in [-0.3, -0.25) is 4.79 Å². The molecule has 0 bridgehead atoms. The third-order valence-electron chi connectivity index (χ3n) is 1.53. The van der Waals surface area contributed by atoms with Crippen LogP contribution in [0, 0.1) is 0 Å². The van der Waals surface area contributed by atoms with E-state index in [1.165, 1.54) is 0 Å². The highest BCUT2D eigenvalue weighted by atomic mass is 16.5. The number of aliphatic hydroxyl groups excluding tert-OH is 1. The Bertz CT molecular complexity index is 194. The average Bonchev–Trinajstić information content (AvgIpc) is 2.21. The van der Waals surface area contributed by atoms with Gasteiger partial charge in [-0.2, -0.15) is 0 Å². The molecule has 0 saturated heterocycles. The summed E-state index contributed by atoms with van der Waals surface area (Å²) in [7, 11) is 0. The Balaban J connectivity index is 3.11. The summed E-state index contributed by atoms with van der Waals surface area (Å²) in [6.45, 7) is 7.34. The molecule has 0 spiro atoms. The van der Waals surface area contributed by atoms with Crippen LogP contribution in [0.5, 0.6) is 0 Å². The van der Waals surface area contributed by atoms with Crippen molar-refractivity contribution < 1.29 is 19.4 Å². The smallest absolute Gasteiger partial charge is 0.246 e. The van der Waals surface area contributed by atoms with Crippen LogP contribution in [0.1, 0.15) is 6.92 Å². The minimum atomic E-state index is -0.157. The van der Waals surface area contributed by atoms with E-state index in [1.54, 1.807) is 6.92 Å². The largest absolute Gasteiger partial charge is 0.394 e. The van der Waals surface area contributed by atoms with E-state index >= 15 is 0 Å². The zero-order valence-electron chi connectivity index (χ0n) is 9.12. The molecule has 15 heavy (non-hydrogen) atoms. The first-order chi connectivity index (χ1) is 7.18. The molecule has 0 rings (SSSR count). The minimum absolute atomic E-state index is 0.0225. The van der Waals surface area contributed by atoms with Crippen molar-refractivity contribution in [2.24, 2.45) is 0 Å². The lowest BCUT2D eigenvalue weighted by molar-refractivity contribution is -0.117. The zero-order valence-corrected chi connectivity index (χ0v) is 9.12. The number of hydrogen-bond acceptors (Lipinski definition) is 4. The van der Waals surface area contributed by atoms with Gasteiger partial charge < -0.3 is 19.9 Å². The van der Waals surface area contributed by atoms with Gasteiger partial charge in [0.25, 0.3) is 0 Å². The fraction of sp³-hybridized carbons (Fsp3) is 0.700. The molecule has 5 nitrogen and oxygen atoms in total. The lowest BCUT2D eigenvalue weighted by Crippen LogP contribution is -2.27. The topological polar surface area (TPSA) is 67.8 Å².